The van der Waals surface area contributed by atoms with E-state index in [1.54, 1.807) is 0 Å². The average molecular weight is 214 g/mol. The summed E-state index contributed by atoms with van der Waals surface area (Å²) in [6, 6.07) is 0.449. The second kappa shape index (κ2) is 4.40. The van der Waals surface area contributed by atoms with Crippen molar-refractivity contribution in [2.45, 2.75) is 64.1 Å². The third-order valence-electron chi connectivity index (χ3n) is 3.62. The number of hydrogen-bond acceptors (Lipinski definition) is 3. The third-order valence-corrected chi connectivity index (χ3v) is 3.62. The lowest BCUT2D eigenvalue weighted by Gasteiger charge is -2.39. The zero-order valence-corrected chi connectivity index (χ0v) is 10.6. The van der Waals surface area contributed by atoms with Crippen LogP contribution in [0.5, 0.6) is 0 Å². The number of nitrogens with two attached hydrogens (primary N) is 1. The normalized spacial score (nSPS) is 27.6. The van der Waals surface area contributed by atoms with Gasteiger partial charge in [0, 0.05) is 17.1 Å². The van der Waals surface area contributed by atoms with E-state index in [0.29, 0.717) is 11.6 Å². The number of hydrogen-bond donors (Lipinski definition) is 2. The van der Waals surface area contributed by atoms with E-state index in [4.69, 9.17) is 5.73 Å². The number of nitrogens with zero attached hydrogens (tertiary/aromatic N) is 1. The minimum atomic E-state index is -0.446. The summed E-state index contributed by atoms with van der Waals surface area (Å²) in [5.41, 5.74) is 5.85. The Kier molecular flexibility index (Phi) is 3.80. The molecule has 1 aliphatic heterocycles. The quantitative estimate of drug-likeness (QED) is 0.742. The molecule has 0 amide bonds. The van der Waals surface area contributed by atoms with Crippen LogP contribution in [0, 0.1) is 0 Å². The highest BCUT2D eigenvalue weighted by Gasteiger charge is 2.36. The molecule has 0 aliphatic carbocycles. The molecule has 0 aromatic rings. The number of aliphatic hydroxyl groups excluding tert-OH is 1. The van der Waals surface area contributed by atoms with Gasteiger partial charge in [-0.1, -0.05) is 0 Å². The fraction of sp³-hybridized carbons (Fsp3) is 1.00. The van der Waals surface area contributed by atoms with Gasteiger partial charge in [0.2, 0.25) is 0 Å². The second-order valence-electron chi connectivity index (χ2n) is 5.97. The van der Waals surface area contributed by atoms with Crippen molar-refractivity contribution < 1.29 is 5.11 Å². The maximum absolute atomic E-state index is 9.17. The summed E-state index contributed by atoms with van der Waals surface area (Å²) in [6.45, 7) is 9.95. The summed E-state index contributed by atoms with van der Waals surface area (Å²) < 4.78 is 0. The summed E-state index contributed by atoms with van der Waals surface area (Å²) in [7, 11) is 0. The van der Waals surface area contributed by atoms with Gasteiger partial charge in [-0.2, -0.15) is 0 Å². The van der Waals surface area contributed by atoms with Crippen molar-refractivity contribution in [3.63, 3.8) is 0 Å². The van der Waals surface area contributed by atoms with Gasteiger partial charge in [-0.25, -0.2) is 0 Å². The molecule has 0 saturated carbocycles. The molecule has 1 rings (SSSR count). The van der Waals surface area contributed by atoms with Crippen LogP contribution >= 0.6 is 0 Å². The topological polar surface area (TPSA) is 49.5 Å². The van der Waals surface area contributed by atoms with Crippen molar-refractivity contribution in [3.05, 3.63) is 0 Å². The molecule has 3 N–H and O–H groups in total. The molecule has 2 atom stereocenters. The molecule has 1 fully saturated rings. The molecule has 1 aliphatic rings. The SMILES string of the molecule is CC(CC(C)(N)CO)N1CCCC1(C)C. The van der Waals surface area contributed by atoms with Crippen molar-refractivity contribution in [1.29, 1.82) is 0 Å². The molecule has 0 aromatic heterocycles. The molecular formula is C12H26N2O. The van der Waals surface area contributed by atoms with E-state index >= 15 is 0 Å². The van der Waals surface area contributed by atoms with Gasteiger partial charge in [0.15, 0.2) is 0 Å². The van der Waals surface area contributed by atoms with Crippen molar-refractivity contribution in [2.75, 3.05) is 13.2 Å². The summed E-state index contributed by atoms with van der Waals surface area (Å²) >= 11 is 0. The van der Waals surface area contributed by atoms with Gasteiger partial charge >= 0.3 is 0 Å². The predicted octanol–water partition coefficient (Wildman–Crippen LogP) is 1.35. The maximum atomic E-state index is 9.17. The van der Waals surface area contributed by atoms with Gasteiger partial charge < -0.3 is 10.8 Å². The molecule has 1 saturated heterocycles. The van der Waals surface area contributed by atoms with Gasteiger partial charge in [0.05, 0.1) is 6.61 Å². The molecule has 0 bridgehead atoms. The molecule has 3 heteroatoms. The maximum Gasteiger partial charge on any atom is 0.0609 e. The van der Waals surface area contributed by atoms with Crippen LogP contribution in [0.25, 0.3) is 0 Å². The van der Waals surface area contributed by atoms with E-state index in [9.17, 15) is 5.11 Å². The summed E-state index contributed by atoms with van der Waals surface area (Å²) in [5.74, 6) is 0. The first-order valence-corrected chi connectivity index (χ1v) is 5.95. The number of rotatable bonds is 4. The molecule has 2 unspecified atom stereocenters. The zero-order chi connectivity index (χ0) is 11.7. The van der Waals surface area contributed by atoms with Crippen LogP contribution in [0.2, 0.25) is 0 Å². The van der Waals surface area contributed by atoms with E-state index in [-0.39, 0.29) is 6.61 Å². The zero-order valence-electron chi connectivity index (χ0n) is 10.6. The highest BCUT2D eigenvalue weighted by Crippen LogP contribution is 2.32. The Bertz CT molecular complexity index is 214. The van der Waals surface area contributed by atoms with Crippen molar-refractivity contribution in [3.8, 4) is 0 Å². The Labute approximate surface area is 93.6 Å². The molecule has 90 valence electrons. The number of likely N-dealkylation sites (tertiary alicyclic amines) is 1. The Morgan fingerprint density at radius 1 is 1.53 bits per heavy atom. The number of aliphatic hydroxyl groups is 1. The molecule has 0 aromatic carbocycles. The molecule has 15 heavy (non-hydrogen) atoms. The van der Waals surface area contributed by atoms with E-state index in [1.807, 2.05) is 6.92 Å². The van der Waals surface area contributed by atoms with Gasteiger partial charge in [-0.05, 0) is 53.5 Å². The monoisotopic (exact) mass is 214 g/mol. The Hall–Kier alpha value is -0.120. The van der Waals surface area contributed by atoms with E-state index < -0.39 is 5.54 Å². The van der Waals surface area contributed by atoms with Crippen LogP contribution in [0.15, 0.2) is 0 Å². The first kappa shape index (κ1) is 12.9. The van der Waals surface area contributed by atoms with Crippen LogP contribution in [0.1, 0.15) is 47.0 Å². The molecule has 3 nitrogen and oxygen atoms in total. The molecular weight excluding hydrogens is 188 g/mol. The average Bonchev–Trinajstić information content (AvgIpc) is 2.44. The van der Waals surface area contributed by atoms with Crippen molar-refractivity contribution >= 4 is 0 Å². The smallest absolute Gasteiger partial charge is 0.0609 e. The Balaban J connectivity index is 2.57. The molecule has 1 heterocycles. The Morgan fingerprint density at radius 2 is 2.13 bits per heavy atom. The van der Waals surface area contributed by atoms with Crippen molar-refractivity contribution in [2.24, 2.45) is 5.73 Å². The lowest BCUT2D eigenvalue weighted by molar-refractivity contribution is 0.0898. The van der Waals surface area contributed by atoms with Crippen LogP contribution in [0.4, 0.5) is 0 Å². The van der Waals surface area contributed by atoms with Gasteiger partial charge in [-0.3, -0.25) is 4.90 Å². The lowest BCUT2D eigenvalue weighted by atomic mass is 9.92. The molecule has 0 spiro atoms. The van der Waals surface area contributed by atoms with Gasteiger partial charge in [0.25, 0.3) is 0 Å². The van der Waals surface area contributed by atoms with E-state index in [0.717, 1.165) is 13.0 Å². The Morgan fingerprint density at radius 3 is 2.53 bits per heavy atom. The van der Waals surface area contributed by atoms with Crippen LogP contribution < -0.4 is 5.73 Å². The first-order chi connectivity index (χ1) is 6.78. The van der Waals surface area contributed by atoms with E-state index in [2.05, 4.69) is 25.7 Å². The fourth-order valence-electron chi connectivity index (χ4n) is 2.79. The van der Waals surface area contributed by atoms with Gasteiger partial charge in [0.1, 0.15) is 0 Å². The minimum Gasteiger partial charge on any atom is -0.394 e. The lowest BCUT2D eigenvalue weighted by Crippen LogP contribution is -2.51. The van der Waals surface area contributed by atoms with Crippen LogP contribution in [0.3, 0.4) is 0 Å². The second-order valence-corrected chi connectivity index (χ2v) is 5.97. The van der Waals surface area contributed by atoms with E-state index in [1.165, 1.54) is 12.8 Å². The van der Waals surface area contributed by atoms with Crippen LogP contribution in [-0.4, -0.2) is 40.3 Å². The summed E-state index contributed by atoms with van der Waals surface area (Å²) in [4.78, 5) is 2.52. The van der Waals surface area contributed by atoms with Crippen molar-refractivity contribution in [1.82, 2.24) is 4.90 Å². The minimum absolute atomic E-state index is 0.0611. The predicted molar refractivity (Wildman–Crippen MR) is 63.8 cm³/mol. The van der Waals surface area contributed by atoms with Crippen LogP contribution in [-0.2, 0) is 0 Å². The first-order valence-electron chi connectivity index (χ1n) is 5.95. The largest absolute Gasteiger partial charge is 0.394 e. The molecule has 0 radical (unpaired) electrons. The third kappa shape index (κ3) is 3.16. The standard InChI is InChI=1S/C12H26N2O/c1-10(8-12(4,13)9-15)14-7-5-6-11(14,2)3/h10,15H,5-9,13H2,1-4H3. The fourth-order valence-corrected chi connectivity index (χ4v) is 2.79. The summed E-state index contributed by atoms with van der Waals surface area (Å²) in [5, 5.41) is 9.17. The summed E-state index contributed by atoms with van der Waals surface area (Å²) in [6.07, 6.45) is 3.39. The highest BCUT2D eigenvalue weighted by atomic mass is 16.3. The highest BCUT2D eigenvalue weighted by molar-refractivity contribution is 4.93. The van der Waals surface area contributed by atoms with Gasteiger partial charge in [-0.15, -0.1) is 0 Å².